The number of alkyl halides is 1. The molecular weight excluding hydrogens is 143 g/mol. The first-order chi connectivity index (χ1) is 5.27. The molecule has 60 valence electrons. The van der Waals surface area contributed by atoms with Gasteiger partial charge in [-0.2, -0.15) is 5.10 Å². The summed E-state index contributed by atoms with van der Waals surface area (Å²) in [5.74, 6) is 0.634. The summed E-state index contributed by atoms with van der Waals surface area (Å²) in [5, 5.41) is 6.74. The minimum atomic E-state index is -0.946. The van der Waals surface area contributed by atoms with Crippen LogP contribution in [0.15, 0.2) is 6.07 Å². The van der Waals surface area contributed by atoms with Gasteiger partial charge in [0, 0.05) is 11.6 Å². The van der Waals surface area contributed by atoms with Gasteiger partial charge >= 0.3 is 0 Å². The summed E-state index contributed by atoms with van der Waals surface area (Å²) >= 11 is 0. The molecule has 1 saturated carbocycles. The van der Waals surface area contributed by atoms with E-state index in [1.165, 1.54) is 19.8 Å². The second-order valence-electron chi connectivity index (χ2n) is 3.14. The van der Waals surface area contributed by atoms with Gasteiger partial charge in [0.25, 0.3) is 0 Å². The molecule has 1 fully saturated rings. The van der Waals surface area contributed by atoms with E-state index in [-0.39, 0.29) is 0 Å². The first-order valence-corrected chi connectivity index (χ1v) is 3.96. The van der Waals surface area contributed by atoms with Crippen LogP contribution in [-0.2, 0) is 0 Å². The Kier molecular flexibility index (Phi) is 1.44. The summed E-state index contributed by atoms with van der Waals surface area (Å²) < 4.78 is 12.6. The van der Waals surface area contributed by atoms with Crippen molar-refractivity contribution in [1.82, 2.24) is 10.2 Å². The van der Waals surface area contributed by atoms with E-state index in [1.807, 2.05) is 6.07 Å². The molecule has 1 heterocycles. The molecule has 1 aromatic heterocycles. The van der Waals surface area contributed by atoms with E-state index < -0.39 is 6.17 Å². The van der Waals surface area contributed by atoms with Crippen LogP contribution in [0.25, 0.3) is 0 Å². The van der Waals surface area contributed by atoms with Gasteiger partial charge in [-0.25, -0.2) is 4.39 Å². The molecule has 0 spiro atoms. The van der Waals surface area contributed by atoms with Crippen molar-refractivity contribution in [2.24, 2.45) is 0 Å². The highest BCUT2D eigenvalue weighted by molar-refractivity contribution is 5.18. The molecule has 0 radical (unpaired) electrons. The zero-order chi connectivity index (χ0) is 7.84. The third kappa shape index (κ3) is 1.27. The highest BCUT2D eigenvalue weighted by Gasteiger charge is 2.25. The molecule has 1 aromatic rings. The summed E-state index contributed by atoms with van der Waals surface area (Å²) in [6.45, 7) is 1.51. The van der Waals surface area contributed by atoms with Crippen molar-refractivity contribution in [3.05, 3.63) is 17.5 Å². The molecule has 0 bridgehead atoms. The van der Waals surface area contributed by atoms with Crippen LogP contribution in [0.2, 0.25) is 0 Å². The van der Waals surface area contributed by atoms with Crippen molar-refractivity contribution in [2.75, 3.05) is 0 Å². The van der Waals surface area contributed by atoms with E-state index in [0.29, 0.717) is 11.6 Å². The number of nitrogens with zero attached hydrogens (tertiary/aromatic N) is 1. The molecule has 1 N–H and O–H groups in total. The van der Waals surface area contributed by atoms with E-state index in [1.54, 1.807) is 0 Å². The summed E-state index contributed by atoms with van der Waals surface area (Å²) in [5.41, 5.74) is 1.64. The van der Waals surface area contributed by atoms with E-state index in [9.17, 15) is 4.39 Å². The Morgan fingerprint density at radius 1 is 1.73 bits per heavy atom. The van der Waals surface area contributed by atoms with Crippen LogP contribution >= 0.6 is 0 Å². The molecule has 0 saturated heterocycles. The van der Waals surface area contributed by atoms with Crippen molar-refractivity contribution in [1.29, 1.82) is 0 Å². The van der Waals surface area contributed by atoms with Crippen LogP contribution in [0.1, 0.15) is 43.2 Å². The standard InChI is InChI=1S/C8H11FN2/c1-5(9)7-4-8(11-10-7)6-2-3-6/h4-6H,2-3H2,1H3,(H,10,11). The molecule has 3 heteroatoms. The molecule has 1 unspecified atom stereocenters. The van der Waals surface area contributed by atoms with Gasteiger partial charge in [-0.1, -0.05) is 0 Å². The van der Waals surface area contributed by atoms with Gasteiger partial charge in [-0.15, -0.1) is 0 Å². The lowest BCUT2D eigenvalue weighted by molar-refractivity contribution is 0.365. The number of H-pyrrole nitrogens is 1. The molecule has 1 atom stereocenters. The summed E-state index contributed by atoms with van der Waals surface area (Å²) in [6.07, 6.45) is 1.50. The van der Waals surface area contributed by atoms with Crippen molar-refractivity contribution in [2.45, 2.75) is 31.9 Å². The largest absolute Gasteiger partial charge is 0.282 e. The van der Waals surface area contributed by atoms with Crippen molar-refractivity contribution < 1.29 is 4.39 Å². The maximum atomic E-state index is 12.6. The van der Waals surface area contributed by atoms with Gasteiger partial charge in [-0.3, -0.25) is 5.10 Å². The van der Waals surface area contributed by atoms with E-state index in [2.05, 4.69) is 10.2 Å². The number of aromatic nitrogens is 2. The maximum absolute atomic E-state index is 12.6. The average Bonchev–Trinajstić information content (AvgIpc) is 2.68. The lowest BCUT2D eigenvalue weighted by Crippen LogP contribution is -1.83. The van der Waals surface area contributed by atoms with Gasteiger partial charge in [0.15, 0.2) is 0 Å². The minimum absolute atomic E-state index is 0.534. The smallest absolute Gasteiger partial charge is 0.141 e. The number of nitrogens with one attached hydrogen (secondary N) is 1. The Bertz CT molecular complexity index is 234. The van der Waals surface area contributed by atoms with Gasteiger partial charge in [-0.05, 0) is 25.8 Å². The zero-order valence-electron chi connectivity index (χ0n) is 6.47. The Hall–Kier alpha value is -0.860. The molecule has 11 heavy (non-hydrogen) atoms. The van der Waals surface area contributed by atoms with E-state index in [0.717, 1.165) is 5.69 Å². The molecule has 0 aromatic carbocycles. The summed E-state index contributed by atoms with van der Waals surface area (Å²) in [4.78, 5) is 0. The highest BCUT2D eigenvalue weighted by Crippen LogP contribution is 2.39. The van der Waals surface area contributed by atoms with Crippen LogP contribution in [0.5, 0.6) is 0 Å². The fourth-order valence-corrected chi connectivity index (χ4v) is 1.16. The second-order valence-corrected chi connectivity index (χ2v) is 3.14. The van der Waals surface area contributed by atoms with Crippen molar-refractivity contribution >= 4 is 0 Å². The molecule has 0 amide bonds. The van der Waals surface area contributed by atoms with Crippen LogP contribution in [0.3, 0.4) is 0 Å². The highest BCUT2D eigenvalue weighted by atomic mass is 19.1. The SMILES string of the molecule is CC(F)c1cc(C2CC2)[nH]n1. The monoisotopic (exact) mass is 154 g/mol. The van der Waals surface area contributed by atoms with Gasteiger partial charge in [0.1, 0.15) is 6.17 Å². The number of rotatable bonds is 2. The fraction of sp³-hybridized carbons (Fsp3) is 0.625. The summed E-state index contributed by atoms with van der Waals surface area (Å²) in [7, 11) is 0. The molecule has 1 aliphatic carbocycles. The number of hydrogen-bond donors (Lipinski definition) is 1. The molecule has 0 aliphatic heterocycles. The lowest BCUT2D eigenvalue weighted by Gasteiger charge is -1.90. The van der Waals surface area contributed by atoms with Gasteiger partial charge < -0.3 is 0 Å². The minimum Gasteiger partial charge on any atom is -0.282 e. The van der Waals surface area contributed by atoms with Crippen LogP contribution in [0, 0.1) is 0 Å². The molecule has 2 nitrogen and oxygen atoms in total. The molecular formula is C8H11FN2. The Labute approximate surface area is 64.8 Å². The van der Waals surface area contributed by atoms with Crippen molar-refractivity contribution in [3.8, 4) is 0 Å². The fourth-order valence-electron chi connectivity index (χ4n) is 1.16. The van der Waals surface area contributed by atoms with Gasteiger partial charge in [0.05, 0.1) is 5.69 Å². The average molecular weight is 154 g/mol. The number of aromatic amines is 1. The topological polar surface area (TPSA) is 28.7 Å². The van der Waals surface area contributed by atoms with Crippen molar-refractivity contribution in [3.63, 3.8) is 0 Å². The quantitative estimate of drug-likeness (QED) is 0.695. The number of halogens is 1. The zero-order valence-corrected chi connectivity index (χ0v) is 6.47. The molecule has 2 rings (SSSR count). The normalized spacial score (nSPS) is 20.2. The van der Waals surface area contributed by atoms with Crippen LogP contribution in [0.4, 0.5) is 4.39 Å². The predicted molar refractivity (Wildman–Crippen MR) is 40.1 cm³/mol. The summed E-state index contributed by atoms with van der Waals surface area (Å²) in [6, 6.07) is 1.84. The Morgan fingerprint density at radius 2 is 2.45 bits per heavy atom. The third-order valence-electron chi connectivity index (χ3n) is 2.04. The third-order valence-corrected chi connectivity index (χ3v) is 2.04. The first kappa shape index (κ1) is 6.83. The number of hydrogen-bond acceptors (Lipinski definition) is 1. The Balaban J connectivity index is 2.18. The Morgan fingerprint density at radius 3 is 2.91 bits per heavy atom. The van der Waals surface area contributed by atoms with E-state index in [4.69, 9.17) is 0 Å². The van der Waals surface area contributed by atoms with E-state index >= 15 is 0 Å². The lowest BCUT2D eigenvalue weighted by atomic mass is 10.2. The maximum Gasteiger partial charge on any atom is 0.141 e. The second kappa shape index (κ2) is 2.32. The first-order valence-electron chi connectivity index (χ1n) is 3.96. The van der Waals surface area contributed by atoms with Crippen LogP contribution in [-0.4, -0.2) is 10.2 Å². The van der Waals surface area contributed by atoms with Gasteiger partial charge in [0.2, 0.25) is 0 Å². The molecule has 1 aliphatic rings. The predicted octanol–water partition coefficient (Wildman–Crippen LogP) is 2.32. The van der Waals surface area contributed by atoms with Crippen LogP contribution < -0.4 is 0 Å².